The average Bonchev–Trinajstić information content (AvgIpc) is 3.04. The Balaban J connectivity index is 2.15. The zero-order valence-corrected chi connectivity index (χ0v) is 10.1. The van der Waals surface area contributed by atoms with Crippen molar-refractivity contribution < 1.29 is 13.2 Å². The molecule has 0 aromatic heterocycles. The molecule has 0 amide bonds. The maximum absolute atomic E-state index is 13.1. The van der Waals surface area contributed by atoms with Crippen molar-refractivity contribution in [2.75, 3.05) is 14.1 Å². The highest BCUT2D eigenvalue weighted by molar-refractivity contribution is 5.78. The molecule has 3 nitrogen and oxygen atoms in total. The third-order valence-electron chi connectivity index (χ3n) is 2.95. The molecule has 0 spiro atoms. The van der Waals surface area contributed by atoms with Crippen molar-refractivity contribution in [3.8, 4) is 0 Å². The van der Waals surface area contributed by atoms with Crippen LogP contribution in [-0.4, -0.2) is 31.0 Å². The number of halogens is 3. The second-order valence-electron chi connectivity index (χ2n) is 4.59. The topological polar surface area (TPSA) is 41.6 Å². The van der Waals surface area contributed by atoms with E-state index in [-0.39, 0.29) is 12.0 Å². The first-order chi connectivity index (χ1) is 8.40. The third kappa shape index (κ3) is 2.42. The Labute approximate surface area is 103 Å². The summed E-state index contributed by atoms with van der Waals surface area (Å²) >= 11 is 0. The minimum Gasteiger partial charge on any atom is -0.370 e. The molecule has 2 atom stereocenters. The molecule has 1 aromatic rings. The number of aliphatic imine (C=N–C) groups is 1. The van der Waals surface area contributed by atoms with Gasteiger partial charge in [0.05, 0.1) is 6.04 Å². The summed E-state index contributed by atoms with van der Waals surface area (Å²) in [6.45, 7) is 0. The molecule has 0 aliphatic heterocycles. The zero-order valence-electron chi connectivity index (χ0n) is 10.1. The van der Waals surface area contributed by atoms with Gasteiger partial charge in [-0.05, 0) is 24.1 Å². The van der Waals surface area contributed by atoms with Gasteiger partial charge in [0.25, 0.3) is 0 Å². The van der Waals surface area contributed by atoms with Crippen LogP contribution < -0.4 is 5.73 Å². The summed E-state index contributed by atoms with van der Waals surface area (Å²) in [5.74, 6) is -3.49. The molecule has 2 rings (SSSR count). The molecule has 6 heteroatoms. The first kappa shape index (κ1) is 12.7. The number of nitrogens with two attached hydrogens (primary N) is 1. The molecule has 1 aromatic carbocycles. The fourth-order valence-corrected chi connectivity index (χ4v) is 1.76. The number of rotatable bonds is 2. The molecular formula is C12H14F3N3. The summed E-state index contributed by atoms with van der Waals surface area (Å²) in [5, 5.41) is 0. The average molecular weight is 257 g/mol. The van der Waals surface area contributed by atoms with Gasteiger partial charge in [0.15, 0.2) is 23.4 Å². The maximum atomic E-state index is 13.1. The second kappa shape index (κ2) is 4.51. The Hall–Kier alpha value is -1.72. The van der Waals surface area contributed by atoms with E-state index in [4.69, 9.17) is 5.73 Å². The molecule has 98 valence electrons. The summed E-state index contributed by atoms with van der Waals surface area (Å²) in [6, 6.07) is 1.95. The van der Waals surface area contributed by atoms with E-state index in [0.29, 0.717) is 17.9 Å². The quantitative estimate of drug-likeness (QED) is 0.499. The number of hydrogen-bond acceptors (Lipinski definition) is 1. The van der Waals surface area contributed by atoms with Gasteiger partial charge in [-0.2, -0.15) is 0 Å². The van der Waals surface area contributed by atoms with Crippen molar-refractivity contribution >= 4 is 5.96 Å². The van der Waals surface area contributed by atoms with Crippen LogP contribution in [0.2, 0.25) is 0 Å². The molecule has 0 bridgehead atoms. The largest absolute Gasteiger partial charge is 0.370 e. The molecule has 1 aliphatic rings. The normalized spacial score (nSPS) is 23.1. The fourth-order valence-electron chi connectivity index (χ4n) is 1.76. The number of benzene rings is 1. The Bertz CT molecular complexity index is 476. The van der Waals surface area contributed by atoms with Crippen LogP contribution >= 0.6 is 0 Å². The molecule has 0 radical (unpaired) electrons. The van der Waals surface area contributed by atoms with Gasteiger partial charge in [-0.1, -0.05) is 0 Å². The van der Waals surface area contributed by atoms with E-state index in [1.54, 1.807) is 19.0 Å². The van der Waals surface area contributed by atoms with Crippen molar-refractivity contribution in [1.29, 1.82) is 0 Å². The van der Waals surface area contributed by atoms with Crippen LogP contribution in [0, 0.1) is 17.5 Å². The molecule has 1 saturated carbocycles. The van der Waals surface area contributed by atoms with Crippen molar-refractivity contribution in [2.24, 2.45) is 10.7 Å². The lowest BCUT2D eigenvalue weighted by molar-refractivity contribution is 0.445. The Kier molecular flexibility index (Phi) is 3.19. The molecule has 0 saturated heterocycles. The van der Waals surface area contributed by atoms with Gasteiger partial charge in [0.1, 0.15) is 0 Å². The monoisotopic (exact) mass is 257 g/mol. The van der Waals surface area contributed by atoms with Crippen molar-refractivity contribution in [3.63, 3.8) is 0 Å². The van der Waals surface area contributed by atoms with Gasteiger partial charge in [-0.15, -0.1) is 0 Å². The van der Waals surface area contributed by atoms with Crippen LogP contribution in [0.5, 0.6) is 0 Å². The van der Waals surface area contributed by atoms with Gasteiger partial charge in [0, 0.05) is 20.0 Å². The standard InChI is InChI=1S/C12H14F3N3/c1-18(2)12(16)17-10-5-7(10)6-3-8(13)11(15)9(14)4-6/h3-4,7,10H,5H2,1-2H3,(H2,16,17)/t7-,10+/m0/s1. The predicted octanol–water partition coefficient (Wildman–Crippen LogP) is 1.84. The third-order valence-corrected chi connectivity index (χ3v) is 2.95. The SMILES string of the molecule is CN(C)C(N)=N[C@@H]1C[C@H]1c1cc(F)c(F)c(F)c1. The van der Waals surface area contributed by atoms with E-state index >= 15 is 0 Å². The van der Waals surface area contributed by atoms with Crippen molar-refractivity contribution in [2.45, 2.75) is 18.4 Å². The number of hydrogen-bond donors (Lipinski definition) is 1. The minimum absolute atomic E-state index is 0.0864. The Morgan fingerprint density at radius 2 is 1.83 bits per heavy atom. The predicted molar refractivity (Wildman–Crippen MR) is 62.8 cm³/mol. The number of nitrogens with zero attached hydrogens (tertiary/aromatic N) is 2. The second-order valence-corrected chi connectivity index (χ2v) is 4.59. The first-order valence-electron chi connectivity index (χ1n) is 5.55. The smallest absolute Gasteiger partial charge is 0.194 e. The molecule has 18 heavy (non-hydrogen) atoms. The zero-order chi connectivity index (χ0) is 13.4. The van der Waals surface area contributed by atoms with Crippen LogP contribution in [0.15, 0.2) is 17.1 Å². The summed E-state index contributed by atoms with van der Waals surface area (Å²) in [5.41, 5.74) is 6.07. The van der Waals surface area contributed by atoms with Crippen LogP contribution in [0.4, 0.5) is 13.2 Å². The molecular weight excluding hydrogens is 243 g/mol. The van der Waals surface area contributed by atoms with Crippen LogP contribution in [0.25, 0.3) is 0 Å². The summed E-state index contributed by atoms with van der Waals surface area (Å²) in [4.78, 5) is 5.86. The van der Waals surface area contributed by atoms with Crippen LogP contribution in [-0.2, 0) is 0 Å². The van der Waals surface area contributed by atoms with E-state index in [9.17, 15) is 13.2 Å². The lowest BCUT2D eigenvalue weighted by atomic mass is 10.1. The van der Waals surface area contributed by atoms with E-state index in [1.165, 1.54) is 0 Å². The maximum Gasteiger partial charge on any atom is 0.194 e. The van der Waals surface area contributed by atoms with Crippen molar-refractivity contribution in [1.82, 2.24) is 4.90 Å². The summed E-state index contributed by atoms with van der Waals surface area (Å²) in [6.07, 6.45) is 0.666. The van der Waals surface area contributed by atoms with Gasteiger partial charge < -0.3 is 10.6 Å². The highest BCUT2D eigenvalue weighted by Gasteiger charge is 2.39. The Morgan fingerprint density at radius 3 is 2.33 bits per heavy atom. The molecule has 2 N–H and O–H groups in total. The molecule has 1 aliphatic carbocycles. The van der Waals surface area contributed by atoms with Crippen LogP contribution in [0.3, 0.4) is 0 Å². The van der Waals surface area contributed by atoms with Gasteiger partial charge in [0.2, 0.25) is 0 Å². The van der Waals surface area contributed by atoms with Crippen LogP contribution in [0.1, 0.15) is 17.9 Å². The molecule has 1 fully saturated rings. The van der Waals surface area contributed by atoms with Crippen molar-refractivity contribution in [3.05, 3.63) is 35.1 Å². The minimum atomic E-state index is -1.44. The van der Waals surface area contributed by atoms with Gasteiger partial charge in [-0.25, -0.2) is 18.2 Å². The molecule has 0 heterocycles. The lowest BCUT2D eigenvalue weighted by Gasteiger charge is -2.10. The van der Waals surface area contributed by atoms with Gasteiger partial charge in [-0.3, -0.25) is 0 Å². The highest BCUT2D eigenvalue weighted by Crippen LogP contribution is 2.44. The molecule has 0 unspecified atom stereocenters. The van der Waals surface area contributed by atoms with E-state index in [2.05, 4.69) is 4.99 Å². The summed E-state index contributed by atoms with van der Waals surface area (Å²) < 4.78 is 38.9. The first-order valence-corrected chi connectivity index (χ1v) is 5.55. The number of guanidine groups is 1. The van der Waals surface area contributed by atoms with Gasteiger partial charge >= 0.3 is 0 Å². The fraction of sp³-hybridized carbons (Fsp3) is 0.417. The lowest BCUT2D eigenvalue weighted by Crippen LogP contribution is -2.30. The van der Waals surface area contributed by atoms with E-state index in [1.807, 2.05) is 0 Å². The highest BCUT2D eigenvalue weighted by atomic mass is 19.2. The summed E-state index contributed by atoms with van der Waals surface area (Å²) in [7, 11) is 3.51. The Morgan fingerprint density at radius 1 is 1.28 bits per heavy atom. The van der Waals surface area contributed by atoms with E-state index < -0.39 is 17.5 Å². The van der Waals surface area contributed by atoms with E-state index in [0.717, 1.165) is 12.1 Å².